The van der Waals surface area contributed by atoms with E-state index in [0.717, 1.165) is 5.56 Å². The van der Waals surface area contributed by atoms with E-state index in [9.17, 15) is 8.78 Å². The number of benzene rings is 1. The van der Waals surface area contributed by atoms with Gasteiger partial charge in [0.15, 0.2) is 0 Å². The van der Waals surface area contributed by atoms with Gasteiger partial charge in [-0.05, 0) is 12.8 Å². The molecule has 0 aromatic heterocycles. The molecule has 16 heavy (non-hydrogen) atoms. The van der Waals surface area contributed by atoms with Gasteiger partial charge >= 0.3 is 0 Å². The minimum absolute atomic E-state index is 0.300. The molecule has 0 atom stereocenters. The first kappa shape index (κ1) is 12.2. The maximum Gasteiger partial charge on any atom is 0.279 e. The first-order chi connectivity index (χ1) is 7.69. The van der Waals surface area contributed by atoms with Crippen molar-refractivity contribution in [2.45, 2.75) is 6.43 Å². The summed E-state index contributed by atoms with van der Waals surface area (Å²) in [4.78, 5) is 7.23. The van der Waals surface area contributed by atoms with Crippen molar-refractivity contribution >= 4 is 18.1 Å². The van der Waals surface area contributed by atoms with Gasteiger partial charge in [0.1, 0.15) is 5.71 Å². The van der Waals surface area contributed by atoms with Gasteiger partial charge in [0.25, 0.3) is 6.43 Å². The van der Waals surface area contributed by atoms with Gasteiger partial charge in [-0.2, -0.15) is 0 Å². The van der Waals surface area contributed by atoms with Crippen LogP contribution in [0.4, 0.5) is 8.78 Å². The van der Waals surface area contributed by atoms with Gasteiger partial charge in [-0.15, -0.1) is 0 Å². The molecule has 0 unspecified atom stereocenters. The number of halogens is 2. The van der Waals surface area contributed by atoms with Crippen LogP contribution in [-0.2, 0) is 0 Å². The molecule has 2 nitrogen and oxygen atoms in total. The molecule has 0 saturated heterocycles. The second-order valence-electron chi connectivity index (χ2n) is 3.00. The Morgan fingerprint density at radius 3 is 2.38 bits per heavy atom. The predicted octanol–water partition coefficient (Wildman–Crippen LogP) is 3.06. The summed E-state index contributed by atoms with van der Waals surface area (Å²) in [7, 11) is 1.32. The van der Waals surface area contributed by atoms with Crippen molar-refractivity contribution in [3.63, 3.8) is 0 Å². The molecule has 0 aliphatic heterocycles. The topological polar surface area (TPSA) is 24.7 Å². The molecule has 0 heterocycles. The average molecular weight is 222 g/mol. The molecule has 1 aromatic rings. The van der Waals surface area contributed by atoms with Gasteiger partial charge in [0.05, 0.1) is 5.70 Å². The third-order valence-electron chi connectivity index (χ3n) is 2.01. The Morgan fingerprint density at radius 2 is 1.94 bits per heavy atom. The molecule has 0 spiro atoms. The highest BCUT2D eigenvalue weighted by Crippen LogP contribution is 2.16. The Hall–Kier alpha value is -1.84. The zero-order valence-electron chi connectivity index (χ0n) is 8.90. The molecule has 0 N–H and O–H groups in total. The first-order valence-corrected chi connectivity index (χ1v) is 4.67. The highest BCUT2D eigenvalue weighted by molar-refractivity contribution is 6.03. The molecule has 84 valence electrons. The summed E-state index contributed by atoms with van der Waals surface area (Å²) in [6, 6.07) is 9.00. The molecular formula is C12H12F2N2. The Labute approximate surface area is 93.1 Å². The molecule has 0 aliphatic carbocycles. The molecular weight excluding hydrogens is 210 g/mol. The van der Waals surface area contributed by atoms with E-state index in [-0.39, 0.29) is 5.71 Å². The van der Waals surface area contributed by atoms with E-state index in [0.29, 0.717) is 5.70 Å². The first-order valence-electron chi connectivity index (χ1n) is 4.67. The fourth-order valence-electron chi connectivity index (χ4n) is 1.19. The number of alkyl halides is 2. The van der Waals surface area contributed by atoms with Gasteiger partial charge < -0.3 is 0 Å². The molecule has 1 aromatic carbocycles. The third kappa shape index (κ3) is 3.08. The summed E-state index contributed by atoms with van der Waals surface area (Å²) in [6.45, 7) is 3.37. The van der Waals surface area contributed by atoms with E-state index in [1.165, 1.54) is 13.1 Å². The molecule has 1 rings (SSSR count). The highest BCUT2D eigenvalue weighted by Gasteiger charge is 2.10. The smallest absolute Gasteiger partial charge is 0.279 e. The van der Waals surface area contributed by atoms with Crippen LogP contribution in [0.3, 0.4) is 0 Å². The number of hydrogen-bond donors (Lipinski definition) is 0. The van der Waals surface area contributed by atoms with Gasteiger partial charge in [-0.25, -0.2) is 8.78 Å². The summed E-state index contributed by atoms with van der Waals surface area (Å²) < 4.78 is 24.9. The summed E-state index contributed by atoms with van der Waals surface area (Å²) in [5.74, 6) is 0. The third-order valence-corrected chi connectivity index (χ3v) is 2.01. The minimum atomic E-state index is -2.61. The Balaban J connectivity index is 3.08. The lowest BCUT2D eigenvalue weighted by Crippen LogP contribution is -2.07. The van der Waals surface area contributed by atoms with Crippen LogP contribution in [-0.4, -0.2) is 25.9 Å². The molecule has 0 aliphatic rings. The summed E-state index contributed by atoms with van der Waals surface area (Å²) in [5, 5.41) is 0. The van der Waals surface area contributed by atoms with Crippen LogP contribution >= 0.6 is 0 Å². The van der Waals surface area contributed by atoms with E-state index in [4.69, 9.17) is 0 Å². The lowest BCUT2D eigenvalue weighted by atomic mass is 10.1. The predicted molar refractivity (Wildman–Crippen MR) is 63.3 cm³/mol. The second kappa shape index (κ2) is 5.90. The van der Waals surface area contributed by atoms with Crippen LogP contribution in [0.5, 0.6) is 0 Å². The zero-order chi connectivity index (χ0) is 12.0. The van der Waals surface area contributed by atoms with Crippen LogP contribution in [0.1, 0.15) is 5.56 Å². The van der Waals surface area contributed by atoms with Crippen LogP contribution in [0, 0.1) is 0 Å². The number of rotatable bonds is 4. The van der Waals surface area contributed by atoms with E-state index < -0.39 is 6.43 Å². The monoisotopic (exact) mass is 222 g/mol. The van der Waals surface area contributed by atoms with E-state index in [1.807, 2.05) is 6.07 Å². The van der Waals surface area contributed by atoms with Crippen LogP contribution < -0.4 is 0 Å². The number of nitrogens with zero attached hydrogens (tertiary/aromatic N) is 2. The highest BCUT2D eigenvalue weighted by atomic mass is 19.3. The number of aliphatic imine (C=N–C) groups is 2. The normalized spacial score (nSPS) is 13.0. The van der Waals surface area contributed by atoms with Crippen molar-refractivity contribution < 1.29 is 8.78 Å². The van der Waals surface area contributed by atoms with E-state index >= 15 is 0 Å². The van der Waals surface area contributed by atoms with Crippen molar-refractivity contribution in [3.8, 4) is 0 Å². The molecule has 0 amide bonds. The lowest BCUT2D eigenvalue weighted by molar-refractivity contribution is 0.227. The minimum Gasteiger partial charge on any atom is -0.287 e. The van der Waals surface area contributed by atoms with Crippen LogP contribution in [0.15, 0.2) is 46.4 Å². The summed E-state index contributed by atoms with van der Waals surface area (Å²) in [6.07, 6.45) is -1.36. The van der Waals surface area contributed by atoms with Crippen LogP contribution in [0.2, 0.25) is 0 Å². The largest absolute Gasteiger partial charge is 0.287 e. The average Bonchev–Trinajstić information content (AvgIpc) is 2.31. The number of hydrogen-bond acceptors (Lipinski definition) is 2. The maximum absolute atomic E-state index is 12.5. The Morgan fingerprint density at radius 1 is 1.31 bits per heavy atom. The Kier molecular flexibility index (Phi) is 4.51. The van der Waals surface area contributed by atoms with Crippen molar-refractivity contribution in [3.05, 3.63) is 42.0 Å². The lowest BCUT2D eigenvalue weighted by Gasteiger charge is -2.03. The SMILES string of the molecule is C=N/C(=C\C(=N/C)C(F)F)c1ccccc1. The van der Waals surface area contributed by atoms with E-state index in [2.05, 4.69) is 16.7 Å². The standard InChI is InChI=1S/C12H12F2N2/c1-15-10(8-11(16-2)12(13)14)9-6-4-3-5-7-9/h3-8,12H,1H2,2H3/b10-8-,16-11+. The fraction of sp³-hybridized carbons (Fsp3) is 0.167. The molecule has 4 heteroatoms. The quantitative estimate of drug-likeness (QED) is 0.699. The fourth-order valence-corrected chi connectivity index (χ4v) is 1.19. The Bertz CT molecular complexity index is 408. The second-order valence-corrected chi connectivity index (χ2v) is 3.00. The van der Waals surface area contributed by atoms with Gasteiger partial charge in [-0.1, -0.05) is 30.3 Å². The van der Waals surface area contributed by atoms with Crippen molar-refractivity contribution in [1.82, 2.24) is 0 Å². The maximum atomic E-state index is 12.5. The summed E-state index contributed by atoms with van der Waals surface area (Å²) in [5.41, 5.74) is 0.826. The van der Waals surface area contributed by atoms with Crippen LogP contribution in [0.25, 0.3) is 5.70 Å². The summed E-state index contributed by atoms with van der Waals surface area (Å²) >= 11 is 0. The zero-order valence-corrected chi connectivity index (χ0v) is 8.90. The van der Waals surface area contributed by atoms with Gasteiger partial charge in [0, 0.05) is 12.6 Å². The molecule has 0 saturated carbocycles. The van der Waals surface area contributed by atoms with Crippen molar-refractivity contribution in [1.29, 1.82) is 0 Å². The molecule has 0 radical (unpaired) electrons. The van der Waals surface area contributed by atoms with Gasteiger partial charge in [0.2, 0.25) is 0 Å². The number of allylic oxidation sites excluding steroid dienone is 1. The van der Waals surface area contributed by atoms with Gasteiger partial charge in [-0.3, -0.25) is 9.98 Å². The van der Waals surface area contributed by atoms with E-state index in [1.54, 1.807) is 24.3 Å². The van der Waals surface area contributed by atoms with Crippen molar-refractivity contribution in [2.24, 2.45) is 9.98 Å². The van der Waals surface area contributed by atoms with Crippen molar-refractivity contribution in [2.75, 3.05) is 7.05 Å². The molecule has 0 bridgehead atoms. The molecule has 0 fully saturated rings.